The SMILES string of the molecule is c1ccc(-c2ccc3ccc(-c4nc(-c5ccc6c(c5)oc5ccccc56)nc(-c5cccc6c5sc5ccccc56)n4)cc3c2)cc1. The lowest BCUT2D eigenvalue weighted by atomic mass is 10.00. The van der Waals surface area contributed by atoms with Crippen LogP contribution in [-0.2, 0) is 0 Å². The maximum Gasteiger partial charge on any atom is 0.165 e. The molecule has 0 spiro atoms. The molecule has 7 aromatic carbocycles. The van der Waals surface area contributed by atoms with Gasteiger partial charge in [-0.2, -0.15) is 0 Å². The molecule has 48 heavy (non-hydrogen) atoms. The molecule has 10 aromatic rings. The predicted molar refractivity (Wildman–Crippen MR) is 199 cm³/mol. The molecular formula is C43H25N3OS. The zero-order valence-electron chi connectivity index (χ0n) is 25.6. The van der Waals surface area contributed by atoms with Crippen LogP contribution in [0.3, 0.4) is 0 Å². The van der Waals surface area contributed by atoms with Gasteiger partial charge < -0.3 is 4.42 Å². The molecule has 10 rings (SSSR count). The van der Waals surface area contributed by atoms with Gasteiger partial charge in [0.1, 0.15) is 11.2 Å². The van der Waals surface area contributed by atoms with E-state index in [1.807, 2.05) is 30.3 Å². The van der Waals surface area contributed by atoms with Gasteiger partial charge in [0.15, 0.2) is 17.5 Å². The van der Waals surface area contributed by atoms with Crippen molar-refractivity contribution in [3.05, 3.63) is 152 Å². The molecule has 0 amide bonds. The Morgan fingerprint density at radius 2 is 1.04 bits per heavy atom. The molecule has 0 bridgehead atoms. The summed E-state index contributed by atoms with van der Waals surface area (Å²) in [7, 11) is 0. The minimum absolute atomic E-state index is 0.605. The first-order valence-electron chi connectivity index (χ1n) is 15.9. The summed E-state index contributed by atoms with van der Waals surface area (Å²) in [6, 6.07) is 52.8. The molecule has 5 heteroatoms. The van der Waals surface area contributed by atoms with E-state index >= 15 is 0 Å². The Balaban J connectivity index is 1.19. The number of rotatable bonds is 4. The molecule has 0 aliphatic heterocycles. The van der Waals surface area contributed by atoms with Crippen LogP contribution in [-0.4, -0.2) is 15.0 Å². The van der Waals surface area contributed by atoms with Crippen LogP contribution in [0.1, 0.15) is 0 Å². The average Bonchev–Trinajstić information content (AvgIpc) is 3.73. The van der Waals surface area contributed by atoms with Crippen LogP contribution in [0.5, 0.6) is 0 Å². The van der Waals surface area contributed by atoms with Crippen molar-refractivity contribution in [2.75, 3.05) is 0 Å². The van der Waals surface area contributed by atoms with Crippen molar-refractivity contribution in [1.82, 2.24) is 15.0 Å². The largest absolute Gasteiger partial charge is 0.456 e. The zero-order valence-corrected chi connectivity index (χ0v) is 26.4. The van der Waals surface area contributed by atoms with E-state index in [1.165, 1.54) is 36.7 Å². The molecule has 0 saturated heterocycles. The molecule has 3 heterocycles. The molecule has 0 N–H and O–H groups in total. The van der Waals surface area contributed by atoms with E-state index in [9.17, 15) is 0 Å². The highest BCUT2D eigenvalue weighted by molar-refractivity contribution is 7.26. The van der Waals surface area contributed by atoms with Crippen LogP contribution in [0, 0.1) is 0 Å². The highest BCUT2D eigenvalue weighted by Crippen LogP contribution is 2.40. The average molecular weight is 632 g/mol. The van der Waals surface area contributed by atoms with E-state index in [4.69, 9.17) is 19.4 Å². The minimum Gasteiger partial charge on any atom is -0.456 e. The number of thiophene rings is 1. The third-order valence-electron chi connectivity index (χ3n) is 9.12. The smallest absolute Gasteiger partial charge is 0.165 e. The van der Waals surface area contributed by atoms with Gasteiger partial charge in [0.2, 0.25) is 0 Å². The summed E-state index contributed by atoms with van der Waals surface area (Å²) >= 11 is 1.78. The molecule has 224 valence electrons. The van der Waals surface area contributed by atoms with Gasteiger partial charge in [0, 0.05) is 47.6 Å². The van der Waals surface area contributed by atoms with Crippen molar-refractivity contribution in [1.29, 1.82) is 0 Å². The summed E-state index contributed by atoms with van der Waals surface area (Å²) in [5, 5.41) is 6.92. The van der Waals surface area contributed by atoms with Crippen molar-refractivity contribution in [2.24, 2.45) is 0 Å². The van der Waals surface area contributed by atoms with Crippen LogP contribution in [0.2, 0.25) is 0 Å². The van der Waals surface area contributed by atoms with Gasteiger partial charge in [-0.1, -0.05) is 109 Å². The van der Waals surface area contributed by atoms with Crippen LogP contribution in [0.25, 0.3) is 98.2 Å². The quantitative estimate of drug-likeness (QED) is 0.194. The molecule has 0 atom stereocenters. The fourth-order valence-electron chi connectivity index (χ4n) is 6.74. The molecule has 0 aliphatic rings. The lowest BCUT2D eigenvalue weighted by molar-refractivity contribution is 0.669. The summed E-state index contributed by atoms with van der Waals surface area (Å²) in [4.78, 5) is 15.4. The van der Waals surface area contributed by atoms with Crippen molar-refractivity contribution < 1.29 is 4.42 Å². The third kappa shape index (κ3) is 4.40. The van der Waals surface area contributed by atoms with Gasteiger partial charge >= 0.3 is 0 Å². The number of furan rings is 1. The van der Waals surface area contributed by atoms with E-state index in [2.05, 4.69) is 121 Å². The Labute approximate surface area is 279 Å². The van der Waals surface area contributed by atoms with E-state index < -0.39 is 0 Å². The minimum atomic E-state index is 0.605. The van der Waals surface area contributed by atoms with Gasteiger partial charge in [0.05, 0.1) is 0 Å². The van der Waals surface area contributed by atoms with Gasteiger partial charge in [-0.3, -0.25) is 0 Å². The van der Waals surface area contributed by atoms with Crippen LogP contribution in [0.4, 0.5) is 0 Å². The first kappa shape index (κ1) is 27.0. The van der Waals surface area contributed by atoms with Gasteiger partial charge in [-0.05, 0) is 64.4 Å². The Kier molecular flexibility index (Phi) is 6.01. The molecule has 0 radical (unpaired) electrons. The van der Waals surface area contributed by atoms with Crippen molar-refractivity contribution in [3.8, 4) is 45.3 Å². The second-order valence-corrected chi connectivity index (χ2v) is 13.1. The van der Waals surface area contributed by atoms with Crippen molar-refractivity contribution >= 4 is 64.2 Å². The Morgan fingerprint density at radius 1 is 0.396 bits per heavy atom. The normalized spacial score (nSPS) is 11.8. The van der Waals surface area contributed by atoms with E-state index in [0.717, 1.165) is 44.0 Å². The van der Waals surface area contributed by atoms with Crippen molar-refractivity contribution in [2.45, 2.75) is 0 Å². The van der Waals surface area contributed by atoms with Gasteiger partial charge in [-0.25, -0.2) is 15.0 Å². The lowest BCUT2D eigenvalue weighted by Crippen LogP contribution is -2.00. The number of fused-ring (bicyclic) bond motifs is 7. The fourth-order valence-corrected chi connectivity index (χ4v) is 7.95. The van der Waals surface area contributed by atoms with Crippen molar-refractivity contribution in [3.63, 3.8) is 0 Å². The van der Waals surface area contributed by atoms with E-state index in [1.54, 1.807) is 11.3 Å². The number of para-hydroxylation sites is 1. The monoisotopic (exact) mass is 631 g/mol. The number of aromatic nitrogens is 3. The molecular weight excluding hydrogens is 607 g/mol. The van der Waals surface area contributed by atoms with E-state index in [-0.39, 0.29) is 0 Å². The standard InChI is InChI=1S/C43H25N3OS/c1-2-9-26(10-3-1)28-19-17-27-18-20-29(24-31(27)23-28)41-44-42(30-21-22-33-32-11-4-6-15-37(32)47-38(33)25-30)46-43(45-41)36-14-8-13-35-34-12-5-7-16-39(34)48-40(35)36/h1-25H. The first-order valence-corrected chi connectivity index (χ1v) is 16.7. The number of nitrogens with zero attached hydrogens (tertiary/aromatic N) is 3. The Morgan fingerprint density at radius 3 is 1.92 bits per heavy atom. The maximum atomic E-state index is 6.26. The number of benzene rings is 7. The molecule has 0 aliphatic carbocycles. The Bertz CT molecular complexity index is 2850. The molecule has 0 fully saturated rings. The number of hydrogen-bond acceptors (Lipinski definition) is 5. The van der Waals surface area contributed by atoms with Crippen LogP contribution >= 0.6 is 11.3 Å². The maximum absolute atomic E-state index is 6.26. The molecule has 0 unspecified atom stereocenters. The molecule has 4 nitrogen and oxygen atoms in total. The highest BCUT2D eigenvalue weighted by atomic mass is 32.1. The number of hydrogen-bond donors (Lipinski definition) is 0. The third-order valence-corrected chi connectivity index (χ3v) is 10.3. The topological polar surface area (TPSA) is 51.8 Å². The lowest BCUT2D eigenvalue weighted by Gasteiger charge is -2.10. The van der Waals surface area contributed by atoms with Crippen LogP contribution < -0.4 is 0 Å². The molecule has 3 aromatic heterocycles. The second-order valence-electron chi connectivity index (χ2n) is 12.0. The van der Waals surface area contributed by atoms with Crippen LogP contribution in [0.15, 0.2) is 156 Å². The zero-order chi connectivity index (χ0) is 31.6. The summed E-state index contributed by atoms with van der Waals surface area (Å²) < 4.78 is 8.67. The highest BCUT2D eigenvalue weighted by Gasteiger charge is 2.18. The van der Waals surface area contributed by atoms with Gasteiger partial charge in [-0.15, -0.1) is 11.3 Å². The molecule has 0 saturated carbocycles. The van der Waals surface area contributed by atoms with Gasteiger partial charge in [0.25, 0.3) is 0 Å². The summed E-state index contributed by atoms with van der Waals surface area (Å²) in [5.74, 6) is 1.88. The summed E-state index contributed by atoms with van der Waals surface area (Å²) in [5.41, 5.74) is 6.84. The first-order chi connectivity index (χ1) is 23.7. The summed E-state index contributed by atoms with van der Waals surface area (Å²) in [6.45, 7) is 0. The second kappa shape index (κ2) is 10.7. The fraction of sp³-hybridized carbons (Fsp3) is 0. The Hall–Kier alpha value is -6.17. The summed E-state index contributed by atoms with van der Waals surface area (Å²) in [6.07, 6.45) is 0. The predicted octanol–water partition coefficient (Wildman–Crippen LogP) is 12.0. The van der Waals surface area contributed by atoms with E-state index in [0.29, 0.717) is 17.5 Å².